The van der Waals surface area contributed by atoms with Crippen molar-refractivity contribution in [1.82, 2.24) is 5.32 Å². The molecule has 0 rings (SSSR count). The highest BCUT2D eigenvalue weighted by Crippen LogP contribution is 2.07. The number of ether oxygens (including phenoxy) is 1. The zero-order chi connectivity index (χ0) is 10.6. The second-order valence-corrected chi connectivity index (χ2v) is 3.82. The summed E-state index contributed by atoms with van der Waals surface area (Å²) in [5, 5.41) is 3.37. The van der Waals surface area contributed by atoms with Gasteiger partial charge in [-0.15, -0.1) is 0 Å². The minimum atomic E-state index is 0.729. The van der Waals surface area contributed by atoms with Gasteiger partial charge in [0.2, 0.25) is 0 Å². The van der Waals surface area contributed by atoms with Crippen molar-refractivity contribution in [1.29, 1.82) is 0 Å². The molecular formula is C12H27NO. The molecule has 0 saturated carbocycles. The molecule has 0 fully saturated rings. The molecule has 0 aliphatic rings. The third kappa shape index (κ3) is 8.52. The maximum Gasteiger partial charge on any atom is 0.0465 e. The van der Waals surface area contributed by atoms with Gasteiger partial charge >= 0.3 is 0 Å². The Labute approximate surface area is 89.4 Å². The number of nitrogens with one attached hydrogen (secondary N) is 1. The lowest BCUT2D eigenvalue weighted by molar-refractivity contribution is 0.142. The van der Waals surface area contributed by atoms with Gasteiger partial charge in [-0.05, 0) is 33.2 Å². The number of hydrogen-bond acceptors (Lipinski definition) is 2. The Balaban J connectivity index is 3.15. The third-order valence-electron chi connectivity index (χ3n) is 2.59. The lowest BCUT2D eigenvalue weighted by Crippen LogP contribution is -2.24. The van der Waals surface area contributed by atoms with E-state index in [-0.39, 0.29) is 0 Å². The molecule has 0 aromatic carbocycles. The van der Waals surface area contributed by atoms with Gasteiger partial charge in [0.05, 0.1) is 0 Å². The summed E-state index contributed by atoms with van der Waals surface area (Å²) in [4.78, 5) is 0. The van der Waals surface area contributed by atoms with E-state index in [1.165, 1.54) is 38.5 Å². The van der Waals surface area contributed by atoms with Gasteiger partial charge in [-0.2, -0.15) is 0 Å². The van der Waals surface area contributed by atoms with E-state index in [4.69, 9.17) is 4.74 Å². The van der Waals surface area contributed by atoms with E-state index in [0.29, 0.717) is 0 Å². The maximum atomic E-state index is 5.30. The molecule has 0 amide bonds. The van der Waals surface area contributed by atoms with Crippen molar-refractivity contribution in [2.75, 3.05) is 20.3 Å². The average molecular weight is 201 g/mol. The number of hydrogen-bond donors (Lipinski definition) is 1. The van der Waals surface area contributed by atoms with Crippen LogP contribution in [0.3, 0.4) is 0 Å². The smallest absolute Gasteiger partial charge is 0.0465 e. The summed E-state index contributed by atoms with van der Waals surface area (Å²) in [5.74, 6) is 0. The van der Waals surface area contributed by atoms with Crippen LogP contribution in [0.5, 0.6) is 0 Å². The molecule has 0 bridgehead atoms. The first-order valence-electron chi connectivity index (χ1n) is 6.10. The molecule has 0 spiro atoms. The Morgan fingerprint density at radius 3 is 2.43 bits per heavy atom. The quantitative estimate of drug-likeness (QED) is 0.549. The first kappa shape index (κ1) is 13.9. The van der Waals surface area contributed by atoms with Crippen molar-refractivity contribution in [2.24, 2.45) is 0 Å². The Morgan fingerprint density at radius 2 is 1.86 bits per heavy atom. The van der Waals surface area contributed by atoms with Crippen LogP contribution < -0.4 is 5.32 Å². The molecule has 0 saturated heterocycles. The van der Waals surface area contributed by atoms with E-state index >= 15 is 0 Å². The first-order valence-corrected chi connectivity index (χ1v) is 6.10. The van der Waals surface area contributed by atoms with Gasteiger partial charge in [0.25, 0.3) is 0 Å². The highest BCUT2D eigenvalue weighted by molar-refractivity contribution is 4.63. The summed E-state index contributed by atoms with van der Waals surface area (Å²) in [6.07, 6.45) is 7.76. The molecule has 0 aliphatic heterocycles. The molecule has 0 heterocycles. The second-order valence-electron chi connectivity index (χ2n) is 3.82. The zero-order valence-corrected chi connectivity index (χ0v) is 10.1. The van der Waals surface area contributed by atoms with Gasteiger partial charge in [-0.1, -0.05) is 26.2 Å². The largest absolute Gasteiger partial charge is 0.382 e. The molecule has 0 radical (unpaired) electrons. The molecule has 2 heteroatoms. The molecule has 1 atom stereocenters. The van der Waals surface area contributed by atoms with Crippen molar-refractivity contribution >= 4 is 0 Å². The highest BCUT2D eigenvalue weighted by Gasteiger charge is 2.03. The predicted octanol–water partition coefficient (Wildman–Crippen LogP) is 2.97. The topological polar surface area (TPSA) is 21.3 Å². The van der Waals surface area contributed by atoms with Crippen LogP contribution in [0.2, 0.25) is 0 Å². The molecule has 0 aromatic heterocycles. The van der Waals surface area contributed by atoms with Gasteiger partial charge in [-0.3, -0.25) is 0 Å². The lowest BCUT2D eigenvalue weighted by atomic mass is 10.0. The fourth-order valence-corrected chi connectivity index (χ4v) is 1.70. The van der Waals surface area contributed by atoms with Crippen molar-refractivity contribution in [3.8, 4) is 0 Å². The maximum absolute atomic E-state index is 5.30. The lowest BCUT2D eigenvalue weighted by Gasteiger charge is -2.14. The summed E-state index contributed by atoms with van der Waals surface area (Å²) in [5.41, 5.74) is 0. The van der Waals surface area contributed by atoms with Crippen LogP contribution in [-0.2, 0) is 4.74 Å². The van der Waals surface area contributed by atoms with E-state index in [1.807, 2.05) is 0 Å². The van der Waals surface area contributed by atoms with E-state index in [2.05, 4.69) is 26.2 Å². The van der Waals surface area contributed by atoms with Gasteiger partial charge in [0.15, 0.2) is 0 Å². The molecule has 0 aliphatic carbocycles. The van der Waals surface area contributed by atoms with Crippen LogP contribution >= 0.6 is 0 Å². The SMILES string of the molecule is CCCC(CCCCCOCC)NC. The van der Waals surface area contributed by atoms with Gasteiger partial charge < -0.3 is 10.1 Å². The van der Waals surface area contributed by atoms with Crippen LogP contribution in [0.25, 0.3) is 0 Å². The predicted molar refractivity (Wildman–Crippen MR) is 62.7 cm³/mol. The highest BCUT2D eigenvalue weighted by atomic mass is 16.5. The molecule has 1 unspecified atom stereocenters. The Morgan fingerprint density at radius 1 is 1.07 bits per heavy atom. The molecule has 2 nitrogen and oxygen atoms in total. The molecule has 14 heavy (non-hydrogen) atoms. The third-order valence-corrected chi connectivity index (χ3v) is 2.59. The molecular weight excluding hydrogens is 174 g/mol. The summed E-state index contributed by atoms with van der Waals surface area (Å²) >= 11 is 0. The van der Waals surface area contributed by atoms with Crippen molar-refractivity contribution in [3.05, 3.63) is 0 Å². The van der Waals surface area contributed by atoms with Crippen LogP contribution in [0.15, 0.2) is 0 Å². The minimum Gasteiger partial charge on any atom is -0.382 e. The summed E-state index contributed by atoms with van der Waals surface area (Å²) in [7, 11) is 2.07. The molecule has 1 N–H and O–H groups in total. The Hall–Kier alpha value is -0.0800. The minimum absolute atomic E-state index is 0.729. The van der Waals surface area contributed by atoms with Gasteiger partial charge in [0, 0.05) is 19.3 Å². The van der Waals surface area contributed by atoms with Crippen LogP contribution in [0.4, 0.5) is 0 Å². The zero-order valence-electron chi connectivity index (χ0n) is 10.1. The average Bonchev–Trinajstić information content (AvgIpc) is 2.21. The van der Waals surface area contributed by atoms with Gasteiger partial charge in [0.1, 0.15) is 0 Å². The summed E-state index contributed by atoms with van der Waals surface area (Å²) < 4.78 is 5.30. The van der Waals surface area contributed by atoms with E-state index in [1.54, 1.807) is 0 Å². The standard InChI is InChI=1S/C12H27NO/c1-4-9-12(13-3)10-7-6-8-11-14-5-2/h12-13H,4-11H2,1-3H3. The van der Waals surface area contributed by atoms with Crippen LogP contribution in [-0.4, -0.2) is 26.3 Å². The van der Waals surface area contributed by atoms with Crippen molar-refractivity contribution in [2.45, 2.75) is 58.4 Å². The van der Waals surface area contributed by atoms with Gasteiger partial charge in [-0.25, -0.2) is 0 Å². The fourth-order valence-electron chi connectivity index (χ4n) is 1.70. The summed E-state index contributed by atoms with van der Waals surface area (Å²) in [6.45, 7) is 6.10. The molecule has 86 valence electrons. The normalized spacial score (nSPS) is 13.1. The summed E-state index contributed by atoms with van der Waals surface area (Å²) in [6, 6.07) is 0.729. The Bertz CT molecular complexity index is 106. The van der Waals surface area contributed by atoms with E-state index < -0.39 is 0 Å². The second kappa shape index (κ2) is 11.0. The number of rotatable bonds is 10. The number of unbranched alkanes of at least 4 members (excludes halogenated alkanes) is 2. The first-order chi connectivity index (χ1) is 6.85. The van der Waals surface area contributed by atoms with Crippen molar-refractivity contribution < 1.29 is 4.74 Å². The molecule has 0 aromatic rings. The van der Waals surface area contributed by atoms with E-state index in [0.717, 1.165) is 19.3 Å². The fraction of sp³-hybridized carbons (Fsp3) is 1.00. The monoisotopic (exact) mass is 201 g/mol. The van der Waals surface area contributed by atoms with Crippen molar-refractivity contribution in [3.63, 3.8) is 0 Å². The Kier molecular flexibility index (Phi) is 10.9. The van der Waals surface area contributed by atoms with Crippen LogP contribution in [0, 0.1) is 0 Å². The van der Waals surface area contributed by atoms with Crippen LogP contribution in [0.1, 0.15) is 52.4 Å². The van der Waals surface area contributed by atoms with E-state index in [9.17, 15) is 0 Å².